The van der Waals surface area contributed by atoms with Crippen LogP contribution in [0.5, 0.6) is 0 Å². The summed E-state index contributed by atoms with van der Waals surface area (Å²) in [5, 5.41) is 0.426. The molecule has 0 radical (unpaired) electrons. The molecule has 1 aliphatic carbocycles. The van der Waals surface area contributed by atoms with Crippen LogP contribution < -0.4 is 4.90 Å². The van der Waals surface area contributed by atoms with Gasteiger partial charge in [-0.05, 0) is 12.8 Å². The molecule has 3 heterocycles. The monoisotopic (exact) mass is 427 g/mol. The first-order valence-corrected chi connectivity index (χ1v) is 10.9. The van der Waals surface area contributed by atoms with Crippen LogP contribution in [0.2, 0.25) is 5.15 Å². The number of carbonyl (C=O) groups excluding carboxylic acids is 2. The maximum atomic E-state index is 12.6. The fraction of sp³-hybridized carbons (Fsp3) is 0.333. The van der Waals surface area contributed by atoms with E-state index >= 15 is 0 Å². The van der Waals surface area contributed by atoms with Crippen LogP contribution >= 0.6 is 23.4 Å². The van der Waals surface area contributed by atoms with Gasteiger partial charge in [-0.3, -0.25) is 9.59 Å². The van der Waals surface area contributed by atoms with E-state index < -0.39 is 11.6 Å². The number of benzene rings is 1. The zero-order chi connectivity index (χ0) is 20.0. The van der Waals surface area contributed by atoms with Crippen molar-refractivity contribution in [2.75, 3.05) is 23.7 Å². The van der Waals surface area contributed by atoms with E-state index in [-0.39, 0.29) is 5.60 Å². The molecule has 29 heavy (non-hydrogen) atoms. The van der Waals surface area contributed by atoms with Crippen LogP contribution in [0.3, 0.4) is 0 Å². The summed E-state index contributed by atoms with van der Waals surface area (Å²) >= 11 is 7.48. The normalized spacial score (nSPS) is 24.1. The molecular weight excluding hydrogens is 410 g/mol. The van der Waals surface area contributed by atoms with E-state index in [4.69, 9.17) is 16.3 Å². The summed E-state index contributed by atoms with van der Waals surface area (Å²) in [7, 11) is 0. The fourth-order valence-electron chi connectivity index (χ4n) is 4.15. The predicted molar refractivity (Wildman–Crippen MR) is 112 cm³/mol. The van der Waals surface area contributed by atoms with Crippen molar-refractivity contribution < 1.29 is 14.3 Å². The predicted octanol–water partition coefficient (Wildman–Crippen LogP) is 3.76. The lowest BCUT2D eigenvalue weighted by molar-refractivity contribution is -0.111. The Morgan fingerprint density at radius 1 is 1.07 bits per heavy atom. The molecule has 0 N–H and O–H groups in total. The molecule has 8 heteroatoms. The number of hydrogen-bond donors (Lipinski definition) is 0. The SMILES string of the molecule is O=C1C(=O)c2ccccc2C2=C1SCC1(CCCN(c3cc(Cl)ncn3)CC1)O2. The van der Waals surface area contributed by atoms with Gasteiger partial charge in [0.2, 0.25) is 11.6 Å². The Morgan fingerprint density at radius 2 is 1.90 bits per heavy atom. The van der Waals surface area contributed by atoms with Gasteiger partial charge >= 0.3 is 0 Å². The van der Waals surface area contributed by atoms with Crippen molar-refractivity contribution >= 4 is 46.5 Å². The van der Waals surface area contributed by atoms with E-state index in [1.165, 1.54) is 18.1 Å². The Hall–Kier alpha value is -2.38. The Morgan fingerprint density at radius 3 is 2.72 bits per heavy atom. The van der Waals surface area contributed by atoms with Gasteiger partial charge in [0.15, 0.2) is 0 Å². The van der Waals surface area contributed by atoms with E-state index in [0.717, 1.165) is 43.7 Å². The average Bonchev–Trinajstić information content (AvgIpc) is 2.95. The minimum absolute atomic E-state index is 0.372. The van der Waals surface area contributed by atoms with Gasteiger partial charge in [-0.1, -0.05) is 35.9 Å². The second-order valence-corrected chi connectivity index (χ2v) is 8.85. The molecule has 1 unspecified atom stereocenters. The van der Waals surface area contributed by atoms with Crippen molar-refractivity contribution in [2.24, 2.45) is 0 Å². The van der Waals surface area contributed by atoms with Crippen molar-refractivity contribution in [1.82, 2.24) is 9.97 Å². The number of fused-ring (bicyclic) bond motifs is 2. The average molecular weight is 428 g/mol. The number of allylic oxidation sites excluding steroid dienone is 1. The van der Waals surface area contributed by atoms with Crippen molar-refractivity contribution in [3.63, 3.8) is 0 Å². The first-order valence-electron chi connectivity index (χ1n) is 9.53. The molecule has 2 aliphatic heterocycles. The van der Waals surface area contributed by atoms with Crippen molar-refractivity contribution in [3.8, 4) is 0 Å². The molecule has 1 aromatic carbocycles. The zero-order valence-corrected chi connectivity index (χ0v) is 17.1. The van der Waals surface area contributed by atoms with E-state index in [1.807, 2.05) is 12.1 Å². The number of rotatable bonds is 1. The van der Waals surface area contributed by atoms with Crippen LogP contribution in [0.1, 0.15) is 35.2 Å². The summed E-state index contributed by atoms with van der Waals surface area (Å²) < 4.78 is 6.55. The molecule has 3 aliphatic rings. The molecular formula is C21H18ClN3O3S. The lowest BCUT2D eigenvalue weighted by Crippen LogP contribution is -2.41. The molecule has 0 saturated carbocycles. The van der Waals surface area contributed by atoms with Gasteiger partial charge < -0.3 is 9.64 Å². The number of carbonyl (C=O) groups is 2. The molecule has 1 spiro atoms. The number of Topliss-reactive ketones (excluding diaryl/α,β-unsaturated/α-hetero) is 2. The highest BCUT2D eigenvalue weighted by molar-refractivity contribution is 8.04. The molecule has 6 nitrogen and oxygen atoms in total. The third-order valence-electron chi connectivity index (χ3n) is 5.67. The van der Waals surface area contributed by atoms with Gasteiger partial charge in [-0.2, -0.15) is 0 Å². The van der Waals surface area contributed by atoms with Crippen molar-refractivity contribution in [2.45, 2.75) is 24.9 Å². The molecule has 5 rings (SSSR count). The molecule has 1 atom stereocenters. The minimum Gasteiger partial charge on any atom is -0.484 e. The first-order chi connectivity index (χ1) is 14.1. The Labute approximate surface area is 177 Å². The van der Waals surface area contributed by atoms with Gasteiger partial charge in [0, 0.05) is 42.5 Å². The minimum atomic E-state index is -0.454. The lowest BCUT2D eigenvalue weighted by Gasteiger charge is -2.40. The standard InChI is InChI=1S/C21H18ClN3O3S/c22-15-10-16(24-12-23-15)25-8-3-6-21(7-9-25)11-29-20-18(27)17(26)13-4-1-2-5-14(13)19(20)28-21/h1-2,4-5,10,12H,3,6-9,11H2. The highest BCUT2D eigenvalue weighted by Gasteiger charge is 2.45. The van der Waals surface area contributed by atoms with E-state index in [0.29, 0.717) is 27.1 Å². The maximum Gasteiger partial charge on any atom is 0.243 e. The summed E-state index contributed by atoms with van der Waals surface area (Å²) in [5.74, 6) is 1.14. The number of ketones is 2. The van der Waals surface area contributed by atoms with Gasteiger partial charge in [0.25, 0.3) is 0 Å². The van der Waals surface area contributed by atoms with E-state index in [2.05, 4.69) is 14.9 Å². The van der Waals surface area contributed by atoms with Crippen LogP contribution in [0.4, 0.5) is 5.82 Å². The smallest absolute Gasteiger partial charge is 0.243 e. The van der Waals surface area contributed by atoms with Crippen LogP contribution in [0.15, 0.2) is 41.6 Å². The summed E-state index contributed by atoms with van der Waals surface area (Å²) in [6, 6.07) is 8.98. The largest absolute Gasteiger partial charge is 0.484 e. The van der Waals surface area contributed by atoms with E-state index in [1.54, 1.807) is 18.2 Å². The van der Waals surface area contributed by atoms with Crippen LogP contribution in [0.25, 0.3) is 5.76 Å². The van der Waals surface area contributed by atoms with Gasteiger partial charge in [0.1, 0.15) is 33.6 Å². The number of ether oxygens (including phenoxy) is 1. The summed E-state index contributed by atoms with van der Waals surface area (Å²) in [6.45, 7) is 1.62. The second kappa shape index (κ2) is 7.15. The van der Waals surface area contributed by atoms with Crippen LogP contribution in [0, 0.1) is 0 Å². The summed E-state index contributed by atoms with van der Waals surface area (Å²) in [6.07, 6.45) is 4.07. The highest BCUT2D eigenvalue weighted by Crippen LogP contribution is 2.47. The molecule has 1 fully saturated rings. The molecule has 2 aromatic rings. The number of hydrogen-bond acceptors (Lipinski definition) is 7. The Balaban J connectivity index is 1.43. The zero-order valence-electron chi connectivity index (χ0n) is 15.6. The molecule has 1 saturated heterocycles. The first kappa shape index (κ1) is 18.6. The van der Waals surface area contributed by atoms with E-state index in [9.17, 15) is 9.59 Å². The second-order valence-electron chi connectivity index (χ2n) is 7.48. The summed E-state index contributed by atoms with van der Waals surface area (Å²) in [4.78, 5) is 36.0. The molecule has 148 valence electrons. The number of thioether (sulfide) groups is 1. The maximum absolute atomic E-state index is 12.6. The Kier molecular flexibility index (Phi) is 4.59. The van der Waals surface area contributed by atoms with Crippen LogP contribution in [-0.2, 0) is 9.53 Å². The number of halogens is 1. The fourth-order valence-corrected chi connectivity index (χ4v) is 5.56. The third kappa shape index (κ3) is 3.22. The number of aromatic nitrogens is 2. The molecule has 0 bridgehead atoms. The topological polar surface area (TPSA) is 72.4 Å². The van der Waals surface area contributed by atoms with Gasteiger partial charge in [-0.15, -0.1) is 11.8 Å². The quantitative estimate of drug-likeness (QED) is 0.506. The lowest BCUT2D eigenvalue weighted by atomic mass is 9.91. The molecule has 0 amide bonds. The van der Waals surface area contributed by atoms with Gasteiger partial charge in [0.05, 0.1) is 0 Å². The number of anilines is 1. The highest BCUT2D eigenvalue weighted by atomic mass is 35.5. The van der Waals surface area contributed by atoms with Crippen molar-refractivity contribution in [3.05, 3.63) is 57.8 Å². The number of nitrogens with zero attached hydrogens (tertiary/aromatic N) is 3. The third-order valence-corrected chi connectivity index (χ3v) is 7.21. The Bertz CT molecular complexity index is 1060. The van der Waals surface area contributed by atoms with Crippen LogP contribution in [-0.4, -0.2) is 46.0 Å². The molecule has 1 aromatic heterocycles. The van der Waals surface area contributed by atoms with Crippen molar-refractivity contribution in [1.29, 1.82) is 0 Å². The summed E-state index contributed by atoms with van der Waals surface area (Å²) in [5.41, 5.74) is 0.783. The van der Waals surface area contributed by atoms with Gasteiger partial charge in [-0.25, -0.2) is 9.97 Å².